The fourth-order valence-electron chi connectivity index (χ4n) is 2.45. The number of carbonyl (C=O) groups is 2. The zero-order valence-corrected chi connectivity index (χ0v) is 13.8. The Morgan fingerprint density at radius 1 is 1.09 bits per heavy atom. The minimum atomic E-state index is -0.118. The predicted octanol–water partition coefficient (Wildman–Crippen LogP) is 3.54. The molecule has 4 heteroatoms. The van der Waals surface area contributed by atoms with E-state index in [1.807, 2.05) is 51.1 Å². The Bertz CT molecular complexity index is 696. The molecule has 1 amide bonds. The molecule has 2 aromatic rings. The van der Waals surface area contributed by atoms with E-state index in [2.05, 4.69) is 10.3 Å². The molecular weight excluding hydrogens is 288 g/mol. The standard InChI is InChI=1S/C19H22N2O2/c1-13-4-5-14(2)17(12-13)18(22)6-7-19(23)21-15(3)16-8-10-20-11-9-16/h4-5,8-12,15H,6-7H2,1-3H3,(H,21,23)/t15-/m0/s1. The van der Waals surface area contributed by atoms with Gasteiger partial charge in [0.1, 0.15) is 0 Å². The first-order valence-corrected chi connectivity index (χ1v) is 7.77. The number of hydrogen-bond donors (Lipinski definition) is 1. The van der Waals surface area contributed by atoms with E-state index in [0.717, 1.165) is 16.7 Å². The average Bonchev–Trinajstić information content (AvgIpc) is 2.55. The van der Waals surface area contributed by atoms with Crippen LogP contribution in [0.25, 0.3) is 0 Å². The normalized spacial score (nSPS) is 11.8. The second-order valence-electron chi connectivity index (χ2n) is 5.81. The molecule has 2 rings (SSSR count). The molecule has 0 saturated heterocycles. The number of hydrogen-bond acceptors (Lipinski definition) is 3. The lowest BCUT2D eigenvalue weighted by Gasteiger charge is -2.14. The van der Waals surface area contributed by atoms with Gasteiger partial charge in [-0.25, -0.2) is 0 Å². The summed E-state index contributed by atoms with van der Waals surface area (Å²) in [6.45, 7) is 5.79. The van der Waals surface area contributed by atoms with Crippen LogP contribution in [0.5, 0.6) is 0 Å². The van der Waals surface area contributed by atoms with Crippen molar-refractivity contribution in [3.8, 4) is 0 Å². The van der Waals surface area contributed by atoms with Crippen molar-refractivity contribution in [1.82, 2.24) is 10.3 Å². The Kier molecular flexibility index (Phi) is 5.63. The quantitative estimate of drug-likeness (QED) is 0.830. The number of aryl methyl sites for hydroxylation is 2. The van der Waals surface area contributed by atoms with Gasteiger partial charge in [-0.1, -0.05) is 17.7 Å². The van der Waals surface area contributed by atoms with Crippen molar-refractivity contribution in [3.63, 3.8) is 0 Å². The summed E-state index contributed by atoms with van der Waals surface area (Å²) in [5, 5.41) is 2.91. The highest BCUT2D eigenvalue weighted by molar-refractivity contribution is 5.99. The van der Waals surface area contributed by atoms with Gasteiger partial charge in [0.25, 0.3) is 0 Å². The Morgan fingerprint density at radius 3 is 2.48 bits per heavy atom. The lowest BCUT2D eigenvalue weighted by molar-refractivity contribution is -0.121. The smallest absolute Gasteiger partial charge is 0.220 e. The number of nitrogens with one attached hydrogen (secondary N) is 1. The van der Waals surface area contributed by atoms with Gasteiger partial charge in [0.05, 0.1) is 6.04 Å². The summed E-state index contributed by atoms with van der Waals surface area (Å²) in [7, 11) is 0. The Labute approximate surface area is 137 Å². The number of amides is 1. The van der Waals surface area contributed by atoms with E-state index in [1.54, 1.807) is 12.4 Å². The van der Waals surface area contributed by atoms with Crippen LogP contribution in [0, 0.1) is 13.8 Å². The molecule has 1 N–H and O–H groups in total. The van der Waals surface area contributed by atoms with E-state index in [0.29, 0.717) is 5.56 Å². The summed E-state index contributed by atoms with van der Waals surface area (Å²) in [5.41, 5.74) is 3.70. The molecule has 1 atom stereocenters. The molecule has 0 aliphatic heterocycles. The van der Waals surface area contributed by atoms with Gasteiger partial charge in [-0.05, 0) is 50.1 Å². The molecule has 23 heavy (non-hydrogen) atoms. The largest absolute Gasteiger partial charge is 0.350 e. The Hall–Kier alpha value is -2.49. The highest BCUT2D eigenvalue weighted by atomic mass is 16.2. The molecule has 4 nitrogen and oxygen atoms in total. The van der Waals surface area contributed by atoms with E-state index in [1.165, 1.54) is 0 Å². The zero-order chi connectivity index (χ0) is 16.8. The molecule has 0 aliphatic carbocycles. The number of aromatic nitrogens is 1. The summed E-state index contributed by atoms with van der Waals surface area (Å²) in [6.07, 6.45) is 3.81. The maximum Gasteiger partial charge on any atom is 0.220 e. The molecule has 0 radical (unpaired) electrons. The van der Waals surface area contributed by atoms with Crippen LogP contribution < -0.4 is 5.32 Å². The fraction of sp³-hybridized carbons (Fsp3) is 0.316. The van der Waals surface area contributed by atoms with Gasteiger partial charge in [-0.15, -0.1) is 0 Å². The van der Waals surface area contributed by atoms with Crippen LogP contribution in [0.2, 0.25) is 0 Å². The third-order valence-corrected chi connectivity index (χ3v) is 3.86. The van der Waals surface area contributed by atoms with Gasteiger partial charge in [0, 0.05) is 30.8 Å². The maximum atomic E-state index is 12.3. The number of ketones is 1. The SMILES string of the molecule is Cc1ccc(C)c(C(=O)CCC(=O)N[C@@H](C)c2ccncc2)c1. The number of carbonyl (C=O) groups excluding carboxylic acids is 2. The van der Waals surface area contributed by atoms with Gasteiger partial charge in [0.2, 0.25) is 5.91 Å². The molecule has 0 spiro atoms. The Balaban J connectivity index is 1.89. The summed E-state index contributed by atoms with van der Waals surface area (Å²) in [5.74, 6) is -0.106. The minimum Gasteiger partial charge on any atom is -0.350 e. The van der Waals surface area contributed by atoms with Crippen LogP contribution in [0.15, 0.2) is 42.7 Å². The van der Waals surface area contributed by atoms with E-state index in [9.17, 15) is 9.59 Å². The predicted molar refractivity (Wildman–Crippen MR) is 90.3 cm³/mol. The van der Waals surface area contributed by atoms with Crippen molar-refractivity contribution < 1.29 is 9.59 Å². The number of Topliss-reactive ketones (excluding diaryl/α,β-unsaturated/α-hetero) is 1. The molecule has 0 aliphatic rings. The van der Waals surface area contributed by atoms with E-state index < -0.39 is 0 Å². The number of nitrogens with zero attached hydrogens (tertiary/aromatic N) is 1. The number of benzene rings is 1. The van der Waals surface area contributed by atoms with Gasteiger partial charge in [0.15, 0.2) is 5.78 Å². The van der Waals surface area contributed by atoms with E-state index in [-0.39, 0.29) is 30.6 Å². The van der Waals surface area contributed by atoms with Crippen molar-refractivity contribution in [3.05, 3.63) is 65.0 Å². The summed E-state index contributed by atoms with van der Waals surface area (Å²) in [4.78, 5) is 28.3. The molecule has 1 aromatic heterocycles. The van der Waals surface area contributed by atoms with Crippen LogP contribution in [-0.4, -0.2) is 16.7 Å². The van der Waals surface area contributed by atoms with Crippen LogP contribution in [0.4, 0.5) is 0 Å². The summed E-state index contributed by atoms with van der Waals surface area (Å²) < 4.78 is 0. The zero-order valence-electron chi connectivity index (χ0n) is 13.8. The second-order valence-corrected chi connectivity index (χ2v) is 5.81. The van der Waals surface area contributed by atoms with Gasteiger partial charge < -0.3 is 5.32 Å². The maximum absolute atomic E-state index is 12.3. The van der Waals surface area contributed by atoms with Crippen LogP contribution in [-0.2, 0) is 4.79 Å². The van der Waals surface area contributed by atoms with Gasteiger partial charge >= 0.3 is 0 Å². The van der Waals surface area contributed by atoms with E-state index in [4.69, 9.17) is 0 Å². The topological polar surface area (TPSA) is 59.1 Å². The van der Waals surface area contributed by atoms with Crippen molar-refractivity contribution in [2.45, 2.75) is 39.7 Å². The third-order valence-electron chi connectivity index (χ3n) is 3.86. The first-order valence-electron chi connectivity index (χ1n) is 7.77. The molecule has 0 unspecified atom stereocenters. The fourth-order valence-corrected chi connectivity index (χ4v) is 2.45. The second kappa shape index (κ2) is 7.68. The van der Waals surface area contributed by atoms with Crippen LogP contribution in [0.1, 0.15) is 52.9 Å². The first-order chi connectivity index (χ1) is 11.0. The van der Waals surface area contributed by atoms with Crippen LogP contribution in [0.3, 0.4) is 0 Å². The highest BCUT2D eigenvalue weighted by Crippen LogP contribution is 2.15. The van der Waals surface area contributed by atoms with Crippen molar-refractivity contribution >= 4 is 11.7 Å². The molecule has 120 valence electrons. The lowest BCUT2D eigenvalue weighted by Crippen LogP contribution is -2.27. The monoisotopic (exact) mass is 310 g/mol. The van der Waals surface area contributed by atoms with Gasteiger partial charge in [-0.2, -0.15) is 0 Å². The number of pyridine rings is 1. The molecule has 0 bridgehead atoms. The van der Waals surface area contributed by atoms with Crippen molar-refractivity contribution in [2.24, 2.45) is 0 Å². The molecule has 1 heterocycles. The molecule has 1 aromatic carbocycles. The lowest BCUT2D eigenvalue weighted by atomic mass is 9.99. The minimum absolute atomic E-state index is 0.0120. The average molecular weight is 310 g/mol. The van der Waals surface area contributed by atoms with Crippen LogP contribution >= 0.6 is 0 Å². The first kappa shape index (κ1) is 16.9. The number of rotatable bonds is 6. The van der Waals surface area contributed by atoms with Crippen molar-refractivity contribution in [2.75, 3.05) is 0 Å². The molecule has 0 saturated carbocycles. The van der Waals surface area contributed by atoms with E-state index >= 15 is 0 Å². The molecular formula is C19H22N2O2. The Morgan fingerprint density at radius 2 is 1.78 bits per heavy atom. The third kappa shape index (κ3) is 4.74. The van der Waals surface area contributed by atoms with Crippen molar-refractivity contribution in [1.29, 1.82) is 0 Å². The summed E-state index contributed by atoms with van der Waals surface area (Å²) >= 11 is 0. The summed E-state index contributed by atoms with van der Waals surface area (Å²) in [6, 6.07) is 9.44. The molecule has 0 fully saturated rings. The highest BCUT2D eigenvalue weighted by Gasteiger charge is 2.14. The van der Waals surface area contributed by atoms with Gasteiger partial charge in [-0.3, -0.25) is 14.6 Å².